The van der Waals surface area contributed by atoms with Crippen LogP contribution in [0.3, 0.4) is 0 Å². The number of nitrogens with zero attached hydrogens (tertiary/aromatic N) is 2. The fourth-order valence-electron chi connectivity index (χ4n) is 2.33. The normalized spacial score (nSPS) is 12.8. The van der Waals surface area contributed by atoms with Gasteiger partial charge in [0, 0.05) is 10.7 Å². The Bertz CT molecular complexity index is 758. The van der Waals surface area contributed by atoms with Crippen molar-refractivity contribution in [1.82, 2.24) is 9.55 Å². The van der Waals surface area contributed by atoms with Gasteiger partial charge in [0.1, 0.15) is 5.82 Å². The highest BCUT2D eigenvalue weighted by Gasteiger charge is 2.16. The molecule has 4 heteroatoms. The van der Waals surface area contributed by atoms with E-state index in [0.717, 1.165) is 27.6 Å². The zero-order chi connectivity index (χ0) is 14.3. The van der Waals surface area contributed by atoms with Crippen LogP contribution in [0.2, 0.25) is 5.02 Å². The molecule has 3 rings (SSSR count). The van der Waals surface area contributed by atoms with E-state index in [1.807, 2.05) is 37.3 Å². The first-order chi connectivity index (χ1) is 9.56. The van der Waals surface area contributed by atoms with Gasteiger partial charge in [-0.05, 0) is 55.8 Å². The lowest BCUT2D eigenvalue weighted by molar-refractivity contribution is 0.882. The van der Waals surface area contributed by atoms with Crippen LogP contribution in [0.1, 0.15) is 23.7 Å². The molecule has 0 N–H and O–H groups in total. The highest BCUT2D eigenvalue weighted by Crippen LogP contribution is 2.29. The van der Waals surface area contributed by atoms with Crippen molar-refractivity contribution in [2.75, 3.05) is 0 Å². The molecule has 0 radical (unpaired) electrons. The van der Waals surface area contributed by atoms with E-state index in [4.69, 9.17) is 23.2 Å². The lowest BCUT2D eigenvalue weighted by atomic mass is 10.2. The van der Waals surface area contributed by atoms with Crippen molar-refractivity contribution in [1.29, 1.82) is 0 Å². The fraction of sp³-hybridized carbons (Fsp3) is 0.188. The molecule has 0 saturated carbocycles. The summed E-state index contributed by atoms with van der Waals surface area (Å²) in [5.41, 5.74) is 4.23. The largest absolute Gasteiger partial charge is 0.295 e. The summed E-state index contributed by atoms with van der Waals surface area (Å²) < 4.78 is 2.09. The van der Waals surface area contributed by atoms with Crippen molar-refractivity contribution in [2.45, 2.75) is 19.2 Å². The van der Waals surface area contributed by atoms with Gasteiger partial charge in [-0.2, -0.15) is 0 Å². The second-order valence-corrected chi connectivity index (χ2v) is 5.98. The molecule has 2 nitrogen and oxygen atoms in total. The number of halogens is 2. The third kappa shape index (κ3) is 2.30. The molecular formula is C16H14Cl2N2. The van der Waals surface area contributed by atoms with Crippen molar-refractivity contribution in [3.8, 4) is 5.69 Å². The molecule has 0 aliphatic carbocycles. The number of hydrogen-bond donors (Lipinski definition) is 0. The van der Waals surface area contributed by atoms with Crippen LogP contribution in [0, 0.1) is 6.92 Å². The Balaban J connectivity index is 2.33. The van der Waals surface area contributed by atoms with Gasteiger partial charge in [0.25, 0.3) is 0 Å². The number of imidazole rings is 1. The lowest BCUT2D eigenvalue weighted by Crippen LogP contribution is -2.01. The topological polar surface area (TPSA) is 17.8 Å². The summed E-state index contributed by atoms with van der Waals surface area (Å²) in [6, 6.07) is 13.9. The highest BCUT2D eigenvalue weighted by atomic mass is 35.5. The Labute approximate surface area is 128 Å². The third-order valence-corrected chi connectivity index (χ3v) is 3.72. The average Bonchev–Trinajstić information content (AvgIpc) is 2.78. The van der Waals surface area contributed by atoms with Crippen LogP contribution in [0.15, 0.2) is 42.5 Å². The second kappa shape index (κ2) is 5.12. The van der Waals surface area contributed by atoms with Gasteiger partial charge in [-0.1, -0.05) is 17.7 Å². The van der Waals surface area contributed by atoms with Gasteiger partial charge in [0.2, 0.25) is 0 Å². The standard InChI is InChI=1S/C16H14Cl2N2/c1-10-3-8-14-15(9-10)20(16(19-14)11(2)17)13-6-4-12(18)5-7-13/h3-9,11H,1-2H3. The summed E-state index contributed by atoms with van der Waals surface area (Å²) in [5, 5.41) is 0.549. The van der Waals surface area contributed by atoms with E-state index < -0.39 is 0 Å². The van der Waals surface area contributed by atoms with Crippen molar-refractivity contribution in [2.24, 2.45) is 0 Å². The minimum atomic E-state index is -0.168. The predicted octanol–water partition coefficient (Wildman–Crippen LogP) is 5.29. The van der Waals surface area contributed by atoms with E-state index in [9.17, 15) is 0 Å². The zero-order valence-corrected chi connectivity index (χ0v) is 12.8. The van der Waals surface area contributed by atoms with Crippen LogP contribution >= 0.6 is 23.2 Å². The molecule has 3 aromatic rings. The highest BCUT2D eigenvalue weighted by molar-refractivity contribution is 6.30. The summed E-state index contributed by atoms with van der Waals surface area (Å²) in [5.74, 6) is 0.842. The molecule has 0 aliphatic rings. The van der Waals surface area contributed by atoms with E-state index >= 15 is 0 Å². The molecular weight excluding hydrogens is 291 g/mol. The molecule has 1 atom stereocenters. The Morgan fingerprint density at radius 1 is 1.10 bits per heavy atom. The van der Waals surface area contributed by atoms with Gasteiger partial charge in [-0.15, -0.1) is 11.6 Å². The number of aromatic nitrogens is 2. The van der Waals surface area contributed by atoms with E-state index in [0.29, 0.717) is 0 Å². The number of hydrogen-bond acceptors (Lipinski definition) is 1. The van der Waals surface area contributed by atoms with Crippen molar-refractivity contribution in [3.63, 3.8) is 0 Å². The van der Waals surface area contributed by atoms with Crippen LogP contribution in [0.5, 0.6) is 0 Å². The van der Waals surface area contributed by atoms with Gasteiger partial charge in [0.05, 0.1) is 16.4 Å². The average molecular weight is 305 g/mol. The van der Waals surface area contributed by atoms with Crippen LogP contribution < -0.4 is 0 Å². The van der Waals surface area contributed by atoms with Crippen molar-refractivity contribution >= 4 is 34.2 Å². The molecule has 2 aromatic carbocycles. The van der Waals surface area contributed by atoms with Gasteiger partial charge >= 0.3 is 0 Å². The van der Waals surface area contributed by atoms with E-state index in [1.54, 1.807) is 0 Å². The van der Waals surface area contributed by atoms with E-state index in [1.165, 1.54) is 5.56 Å². The minimum absolute atomic E-state index is 0.168. The number of benzene rings is 2. The summed E-state index contributed by atoms with van der Waals surface area (Å²) in [7, 11) is 0. The number of fused-ring (bicyclic) bond motifs is 1. The van der Waals surface area contributed by atoms with Crippen LogP contribution in [0.4, 0.5) is 0 Å². The molecule has 1 unspecified atom stereocenters. The summed E-state index contributed by atoms with van der Waals surface area (Å²) >= 11 is 12.3. The van der Waals surface area contributed by atoms with Gasteiger partial charge in [-0.3, -0.25) is 4.57 Å². The maximum Gasteiger partial charge on any atom is 0.132 e. The van der Waals surface area contributed by atoms with Crippen LogP contribution in [-0.4, -0.2) is 9.55 Å². The Kier molecular flexibility index (Phi) is 3.45. The second-order valence-electron chi connectivity index (χ2n) is 4.89. The van der Waals surface area contributed by atoms with Gasteiger partial charge < -0.3 is 0 Å². The molecule has 102 valence electrons. The van der Waals surface area contributed by atoms with Crippen LogP contribution in [0.25, 0.3) is 16.7 Å². The maximum absolute atomic E-state index is 6.29. The van der Waals surface area contributed by atoms with Gasteiger partial charge in [0.15, 0.2) is 0 Å². The molecule has 1 heterocycles. The van der Waals surface area contributed by atoms with E-state index in [2.05, 4.69) is 28.6 Å². The summed E-state index contributed by atoms with van der Waals surface area (Å²) in [4.78, 5) is 4.65. The first-order valence-corrected chi connectivity index (χ1v) is 7.27. The number of alkyl halides is 1. The quantitative estimate of drug-likeness (QED) is 0.588. The molecule has 0 saturated heterocycles. The smallest absolute Gasteiger partial charge is 0.132 e. The maximum atomic E-state index is 6.29. The number of rotatable bonds is 2. The third-order valence-electron chi connectivity index (χ3n) is 3.28. The molecule has 0 fully saturated rings. The molecule has 0 bridgehead atoms. The Hall–Kier alpha value is -1.51. The molecule has 0 aliphatic heterocycles. The monoisotopic (exact) mass is 304 g/mol. The van der Waals surface area contributed by atoms with Crippen LogP contribution in [-0.2, 0) is 0 Å². The fourth-order valence-corrected chi connectivity index (χ4v) is 2.60. The molecule has 0 spiro atoms. The molecule has 20 heavy (non-hydrogen) atoms. The summed E-state index contributed by atoms with van der Waals surface area (Å²) in [6.45, 7) is 4.00. The molecule has 0 amide bonds. The first-order valence-electron chi connectivity index (χ1n) is 6.45. The van der Waals surface area contributed by atoms with Crippen molar-refractivity contribution < 1.29 is 0 Å². The van der Waals surface area contributed by atoms with E-state index in [-0.39, 0.29) is 5.38 Å². The lowest BCUT2D eigenvalue weighted by Gasteiger charge is -2.11. The summed E-state index contributed by atoms with van der Waals surface area (Å²) in [6.07, 6.45) is 0. The van der Waals surface area contributed by atoms with Crippen molar-refractivity contribution in [3.05, 3.63) is 58.9 Å². The molecule has 1 aromatic heterocycles. The number of aryl methyl sites for hydroxylation is 1. The predicted molar refractivity (Wildman–Crippen MR) is 85.1 cm³/mol. The SMILES string of the molecule is Cc1ccc2nc(C(C)Cl)n(-c3ccc(Cl)cc3)c2c1. The van der Waals surface area contributed by atoms with Gasteiger partial charge in [-0.25, -0.2) is 4.98 Å². The Morgan fingerprint density at radius 3 is 2.45 bits per heavy atom. The Morgan fingerprint density at radius 2 is 1.80 bits per heavy atom. The zero-order valence-electron chi connectivity index (χ0n) is 11.3. The minimum Gasteiger partial charge on any atom is -0.295 e. The first kappa shape index (κ1) is 13.5.